The van der Waals surface area contributed by atoms with Crippen LogP contribution in [0.5, 0.6) is 5.75 Å². The summed E-state index contributed by atoms with van der Waals surface area (Å²) in [6.07, 6.45) is 0.784. The second kappa shape index (κ2) is 4.92. The average molecular weight is 258 g/mol. The van der Waals surface area contributed by atoms with Crippen LogP contribution >= 0.6 is 11.6 Å². The highest BCUT2D eigenvalue weighted by Gasteiger charge is 2.25. The first-order chi connectivity index (χ1) is 8.11. The summed E-state index contributed by atoms with van der Waals surface area (Å²) in [7, 11) is 1.39. The van der Waals surface area contributed by atoms with Gasteiger partial charge in [0, 0.05) is 18.7 Å². The topological polar surface area (TPSA) is 29.5 Å². The summed E-state index contributed by atoms with van der Waals surface area (Å²) < 4.78 is 18.3. The summed E-state index contributed by atoms with van der Waals surface area (Å²) in [5.41, 5.74) is 0.328. The summed E-state index contributed by atoms with van der Waals surface area (Å²) in [6.45, 7) is 1.15. The third kappa shape index (κ3) is 2.52. The lowest BCUT2D eigenvalue weighted by atomic mass is 10.2. The second-order valence-corrected chi connectivity index (χ2v) is 4.60. The van der Waals surface area contributed by atoms with Crippen molar-refractivity contribution in [2.24, 2.45) is 0 Å². The van der Waals surface area contributed by atoms with E-state index in [1.165, 1.54) is 19.2 Å². The Labute approximate surface area is 104 Å². The Morgan fingerprint density at radius 1 is 1.59 bits per heavy atom. The van der Waals surface area contributed by atoms with Gasteiger partial charge in [0.25, 0.3) is 5.91 Å². The van der Waals surface area contributed by atoms with Gasteiger partial charge in [-0.15, -0.1) is 11.6 Å². The van der Waals surface area contributed by atoms with Crippen molar-refractivity contribution in [2.75, 3.05) is 20.2 Å². The van der Waals surface area contributed by atoms with Gasteiger partial charge in [-0.3, -0.25) is 4.79 Å². The predicted molar refractivity (Wildman–Crippen MR) is 63.1 cm³/mol. The number of hydrogen-bond acceptors (Lipinski definition) is 2. The van der Waals surface area contributed by atoms with Crippen LogP contribution in [0.2, 0.25) is 0 Å². The minimum atomic E-state index is -0.528. The highest BCUT2D eigenvalue weighted by Crippen LogP contribution is 2.21. The van der Waals surface area contributed by atoms with E-state index in [9.17, 15) is 9.18 Å². The standard InChI is InChI=1S/C12H13ClFNO2/c1-17-11-3-2-8(6-10(11)14)12(16)15-5-4-9(13)7-15/h2-3,6,9H,4-5,7H2,1H3. The van der Waals surface area contributed by atoms with Crippen LogP contribution < -0.4 is 4.74 Å². The normalized spacial score (nSPS) is 19.5. The van der Waals surface area contributed by atoms with Crippen LogP contribution in [0.1, 0.15) is 16.8 Å². The van der Waals surface area contributed by atoms with Gasteiger partial charge in [-0.25, -0.2) is 4.39 Å². The lowest BCUT2D eigenvalue weighted by molar-refractivity contribution is 0.0792. The smallest absolute Gasteiger partial charge is 0.254 e. The Bertz CT molecular complexity index is 439. The lowest BCUT2D eigenvalue weighted by Crippen LogP contribution is -2.28. The van der Waals surface area contributed by atoms with E-state index in [0.717, 1.165) is 6.42 Å². The van der Waals surface area contributed by atoms with Crippen molar-refractivity contribution in [3.8, 4) is 5.75 Å². The van der Waals surface area contributed by atoms with Crippen LogP contribution in [0.25, 0.3) is 0 Å². The summed E-state index contributed by atoms with van der Waals surface area (Å²) in [5, 5.41) is 0.00189. The molecule has 1 fully saturated rings. The van der Waals surface area contributed by atoms with Gasteiger partial charge in [0.15, 0.2) is 11.6 Å². The molecule has 1 aromatic rings. The monoisotopic (exact) mass is 257 g/mol. The van der Waals surface area contributed by atoms with Gasteiger partial charge in [-0.1, -0.05) is 0 Å². The zero-order valence-corrected chi connectivity index (χ0v) is 10.2. The first-order valence-electron chi connectivity index (χ1n) is 5.38. The number of likely N-dealkylation sites (tertiary alicyclic amines) is 1. The van der Waals surface area contributed by atoms with E-state index in [1.807, 2.05) is 0 Å². The fourth-order valence-electron chi connectivity index (χ4n) is 1.88. The number of rotatable bonds is 2. The van der Waals surface area contributed by atoms with Gasteiger partial charge in [0.1, 0.15) is 0 Å². The number of methoxy groups -OCH3 is 1. The third-order valence-corrected chi connectivity index (χ3v) is 3.17. The zero-order chi connectivity index (χ0) is 12.4. The number of nitrogens with zero attached hydrogens (tertiary/aromatic N) is 1. The highest BCUT2D eigenvalue weighted by atomic mass is 35.5. The van der Waals surface area contributed by atoms with Crippen LogP contribution in [0.4, 0.5) is 4.39 Å². The molecule has 1 heterocycles. The maximum absolute atomic E-state index is 13.5. The minimum Gasteiger partial charge on any atom is -0.494 e. The molecule has 0 bridgehead atoms. The molecular weight excluding hydrogens is 245 g/mol. The Morgan fingerprint density at radius 3 is 2.88 bits per heavy atom. The number of ether oxygens (including phenoxy) is 1. The maximum Gasteiger partial charge on any atom is 0.254 e. The Balaban J connectivity index is 2.17. The summed E-state index contributed by atoms with van der Waals surface area (Å²) in [5.74, 6) is -0.576. The molecule has 17 heavy (non-hydrogen) atoms. The molecule has 1 aliphatic rings. The summed E-state index contributed by atoms with van der Waals surface area (Å²) in [6, 6.07) is 4.21. The number of amides is 1. The molecule has 1 atom stereocenters. The molecule has 92 valence electrons. The Morgan fingerprint density at radius 2 is 2.35 bits per heavy atom. The number of carbonyl (C=O) groups excluding carboxylic acids is 1. The SMILES string of the molecule is COc1ccc(C(=O)N2CCC(Cl)C2)cc1F. The molecule has 0 spiro atoms. The number of carbonyl (C=O) groups is 1. The molecule has 2 rings (SSSR count). The van der Waals surface area contributed by atoms with Gasteiger partial charge in [-0.05, 0) is 24.6 Å². The van der Waals surface area contributed by atoms with Crippen molar-refractivity contribution in [3.63, 3.8) is 0 Å². The Hall–Kier alpha value is -1.29. The van der Waals surface area contributed by atoms with E-state index in [0.29, 0.717) is 18.7 Å². The number of benzene rings is 1. The van der Waals surface area contributed by atoms with Crippen molar-refractivity contribution < 1.29 is 13.9 Å². The van der Waals surface area contributed by atoms with Gasteiger partial charge in [-0.2, -0.15) is 0 Å². The van der Waals surface area contributed by atoms with Gasteiger partial charge in [0.2, 0.25) is 0 Å². The molecule has 1 aliphatic heterocycles. The molecule has 0 aromatic heterocycles. The van der Waals surface area contributed by atoms with E-state index in [-0.39, 0.29) is 17.0 Å². The third-order valence-electron chi connectivity index (χ3n) is 2.82. The van der Waals surface area contributed by atoms with E-state index < -0.39 is 5.82 Å². The van der Waals surface area contributed by atoms with Crippen molar-refractivity contribution >= 4 is 17.5 Å². The van der Waals surface area contributed by atoms with Gasteiger partial charge in [0.05, 0.1) is 12.5 Å². The minimum absolute atomic E-state index is 0.00189. The Kier molecular flexibility index (Phi) is 3.52. The van der Waals surface area contributed by atoms with Crippen molar-refractivity contribution in [3.05, 3.63) is 29.6 Å². The molecule has 0 aliphatic carbocycles. The second-order valence-electron chi connectivity index (χ2n) is 3.99. The number of alkyl halides is 1. The van der Waals surface area contributed by atoms with Crippen molar-refractivity contribution in [1.29, 1.82) is 0 Å². The molecule has 0 radical (unpaired) electrons. The molecule has 5 heteroatoms. The summed E-state index contributed by atoms with van der Waals surface area (Å²) in [4.78, 5) is 13.6. The summed E-state index contributed by atoms with van der Waals surface area (Å²) >= 11 is 5.93. The predicted octanol–water partition coefficient (Wildman–Crippen LogP) is 2.29. The lowest BCUT2D eigenvalue weighted by Gasteiger charge is -2.15. The molecule has 1 unspecified atom stereocenters. The highest BCUT2D eigenvalue weighted by molar-refractivity contribution is 6.21. The van der Waals surface area contributed by atoms with Crippen LogP contribution in [-0.4, -0.2) is 36.4 Å². The van der Waals surface area contributed by atoms with E-state index in [4.69, 9.17) is 16.3 Å². The zero-order valence-electron chi connectivity index (χ0n) is 9.45. The first kappa shape index (κ1) is 12.2. The van der Waals surface area contributed by atoms with Crippen LogP contribution in [0, 0.1) is 5.82 Å². The molecule has 1 saturated heterocycles. The van der Waals surface area contributed by atoms with Gasteiger partial charge >= 0.3 is 0 Å². The fourth-order valence-corrected chi connectivity index (χ4v) is 2.15. The van der Waals surface area contributed by atoms with Crippen LogP contribution in [-0.2, 0) is 0 Å². The molecular formula is C12H13ClFNO2. The molecule has 0 saturated carbocycles. The molecule has 0 N–H and O–H groups in total. The quantitative estimate of drug-likeness (QED) is 0.761. The van der Waals surface area contributed by atoms with Gasteiger partial charge < -0.3 is 9.64 Å². The maximum atomic E-state index is 13.5. The molecule has 3 nitrogen and oxygen atoms in total. The van der Waals surface area contributed by atoms with Crippen molar-refractivity contribution in [1.82, 2.24) is 4.90 Å². The molecule has 1 amide bonds. The van der Waals surface area contributed by atoms with E-state index in [2.05, 4.69) is 0 Å². The largest absolute Gasteiger partial charge is 0.494 e. The van der Waals surface area contributed by atoms with Crippen LogP contribution in [0.15, 0.2) is 18.2 Å². The molecule has 1 aromatic carbocycles. The van der Waals surface area contributed by atoms with Crippen molar-refractivity contribution in [2.45, 2.75) is 11.8 Å². The fraction of sp³-hybridized carbons (Fsp3) is 0.417. The number of hydrogen-bond donors (Lipinski definition) is 0. The average Bonchev–Trinajstić information content (AvgIpc) is 2.75. The van der Waals surface area contributed by atoms with Crippen LogP contribution in [0.3, 0.4) is 0 Å². The van der Waals surface area contributed by atoms with E-state index >= 15 is 0 Å². The van der Waals surface area contributed by atoms with E-state index in [1.54, 1.807) is 11.0 Å². The number of halogens is 2. The first-order valence-corrected chi connectivity index (χ1v) is 5.82.